The lowest BCUT2D eigenvalue weighted by molar-refractivity contribution is -0.137. The molecule has 2 aliphatic rings. The minimum Gasteiger partial charge on any atom is -0.354 e. The highest BCUT2D eigenvalue weighted by molar-refractivity contribution is 5.91. The molecule has 1 aliphatic heterocycles. The van der Waals surface area contributed by atoms with Gasteiger partial charge in [0.05, 0.1) is 16.8 Å². The van der Waals surface area contributed by atoms with Gasteiger partial charge in [-0.25, -0.2) is 14.6 Å². The van der Waals surface area contributed by atoms with E-state index in [1.807, 2.05) is 18.5 Å². The maximum atomic E-state index is 12.7. The van der Waals surface area contributed by atoms with E-state index in [0.717, 1.165) is 79.5 Å². The van der Waals surface area contributed by atoms with Crippen molar-refractivity contribution in [1.29, 1.82) is 0 Å². The quantitative estimate of drug-likeness (QED) is 0.650. The number of benzene rings is 1. The second kappa shape index (κ2) is 7.94. The van der Waals surface area contributed by atoms with E-state index in [1.54, 1.807) is 0 Å². The second-order valence-corrected chi connectivity index (χ2v) is 8.92. The zero-order valence-electron chi connectivity index (χ0n) is 18.6. The van der Waals surface area contributed by atoms with Crippen LogP contribution in [0.15, 0.2) is 24.3 Å². The van der Waals surface area contributed by atoms with Gasteiger partial charge in [0.15, 0.2) is 5.65 Å². The first kappa shape index (κ1) is 20.0. The summed E-state index contributed by atoms with van der Waals surface area (Å²) in [4.78, 5) is 26.7. The third kappa shape index (κ3) is 3.66. The number of hydrogen-bond donors (Lipinski definition) is 0. The topological polar surface area (TPSA) is 67.2 Å². The summed E-state index contributed by atoms with van der Waals surface area (Å²) in [6, 6.07) is 8.34. The van der Waals surface area contributed by atoms with E-state index in [0.29, 0.717) is 5.91 Å². The van der Waals surface area contributed by atoms with E-state index in [2.05, 4.69) is 41.0 Å². The summed E-state index contributed by atoms with van der Waals surface area (Å²) >= 11 is 0. The summed E-state index contributed by atoms with van der Waals surface area (Å²) in [6.45, 7) is 9.31. The molecule has 0 bridgehead atoms. The van der Waals surface area contributed by atoms with Crippen LogP contribution in [0.4, 0.5) is 5.82 Å². The van der Waals surface area contributed by atoms with Crippen LogP contribution in [0.5, 0.6) is 0 Å². The molecule has 7 heteroatoms. The minimum absolute atomic E-state index is 0.259. The molecule has 0 unspecified atom stereocenters. The molecular formula is C24H30N6O. The average Bonchev–Trinajstić information content (AvgIpc) is 2.89. The summed E-state index contributed by atoms with van der Waals surface area (Å²) < 4.78 is 1.92. The number of amides is 1. The fraction of sp³-hybridized carbons (Fsp3) is 0.500. The number of nitrogens with zero attached hydrogens (tertiary/aromatic N) is 6. The van der Waals surface area contributed by atoms with Gasteiger partial charge in [0, 0.05) is 32.1 Å². The Morgan fingerprint density at radius 2 is 1.71 bits per heavy atom. The van der Waals surface area contributed by atoms with Gasteiger partial charge in [-0.05, 0) is 52.2 Å². The van der Waals surface area contributed by atoms with Crippen LogP contribution in [-0.2, 0) is 4.79 Å². The normalized spacial score (nSPS) is 17.6. The zero-order chi connectivity index (χ0) is 21.5. The van der Waals surface area contributed by atoms with Crippen LogP contribution < -0.4 is 4.90 Å². The molecule has 1 saturated heterocycles. The van der Waals surface area contributed by atoms with Crippen LogP contribution in [0.2, 0.25) is 0 Å². The van der Waals surface area contributed by atoms with Crippen molar-refractivity contribution in [2.45, 2.75) is 46.5 Å². The van der Waals surface area contributed by atoms with E-state index in [4.69, 9.17) is 15.1 Å². The summed E-state index contributed by atoms with van der Waals surface area (Å²) in [5.41, 5.74) is 3.99. The Balaban J connectivity index is 1.48. The molecule has 0 N–H and O–H groups in total. The van der Waals surface area contributed by atoms with Crippen molar-refractivity contribution < 1.29 is 4.79 Å². The van der Waals surface area contributed by atoms with E-state index in [-0.39, 0.29) is 5.92 Å². The van der Waals surface area contributed by atoms with Crippen molar-refractivity contribution in [3.63, 3.8) is 0 Å². The molecule has 1 amide bonds. The van der Waals surface area contributed by atoms with Gasteiger partial charge in [-0.2, -0.15) is 5.10 Å². The molecule has 162 valence electrons. The number of fused-ring (bicyclic) bond motifs is 1. The number of aromatic nitrogens is 4. The number of hydrogen-bond acceptors (Lipinski definition) is 5. The Morgan fingerprint density at radius 1 is 0.935 bits per heavy atom. The molecule has 3 aromatic rings. The lowest BCUT2D eigenvalue weighted by Crippen LogP contribution is -2.41. The van der Waals surface area contributed by atoms with Crippen LogP contribution >= 0.6 is 0 Å². The largest absolute Gasteiger partial charge is 0.354 e. The first-order valence-electron chi connectivity index (χ1n) is 11.4. The fourth-order valence-electron chi connectivity index (χ4n) is 4.63. The molecule has 2 fully saturated rings. The molecule has 31 heavy (non-hydrogen) atoms. The molecule has 5 rings (SSSR count). The molecule has 3 heterocycles. The third-order valence-corrected chi connectivity index (χ3v) is 6.64. The molecule has 2 aromatic heterocycles. The second-order valence-electron chi connectivity index (χ2n) is 8.92. The molecule has 0 spiro atoms. The van der Waals surface area contributed by atoms with Gasteiger partial charge in [0.2, 0.25) is 5.91 Å². The van der Waals surface area contributed by atoms with Crippen LogP contribution in [0.25, 0.3) is 16.7 Å². The Bertz CT molecular complexity index is 1120. The summed E-state index contributed by atoms with van der Waals surface area (Å²) in [5, 5.41) is 5.82. The molecule has 1 aromatic carbocycles. The van der Waals surface area contributed by atoms with E-state index < -0.39 is 0 Å². The Hall–Kier alpha value is -2.96. The maximum absolute atomic E-state index is 12.7. The lowest BCUT2D eigenvalue weighted by Gasteiger charge is -2.31. The van der Waals surface area contributed by atoms with Crippen molar-refractivity contribution in [3.05, 3.63) is 41.3 Å². The van der Waals surface area contributed by atoms with Gasteiger partial charge in [0.25, 0.3) is 0 Å². The SMILES string of the molecule is Cc1ccc(-n2nc(C)c3c(N4CCCN(C(=O)C5CCC5)CC4)nc(C)nc32)cc1. The van der Waals surface area contributed by atoms with E-state index in [9.17, 15) is 4.79 Å². The van der Waals surface area contributed by atoms with Crippen LogP contribution in [-0.4, -0.2) is 56.7 Å². The van der Waals surface area contributed by atoms with Crippen LogP contribution in [0.3, 0.4) is 0 Å². The monoisotopic (exact) mass is 418 g/mol. The highest BCUT2D eigenvalue weighted by Crippen LogP contribution is 2.31. The molecule has 7 nitrogen and oxygen atoms in total. The number of aryl methyl sites for hydroxylation is 3. The number of carbonyl (C=O) groups is 1. The smallest absolute Gasteiger partial charge is 0.225 e. The van der Waals surface area contributed by atoms with E-state index >= 15 is 0 Å². The lowest BCUT2D eigenvalue weighted by atomic mass is 9.84. The van der Waals surface area contributed by atoms with Gasteiger partial charge in [-0.1, -0.05) is 24.1 Å². The Morgan fingerprint density at radius 3 is 2.42 bits per heavy atom. The predicted molar refractivity (Wildman–Crippen MR) is 122 cm³/mol. The van der Waals surface area contributed by atoms with Gasteiger partial charge in [-0.15, -0.1) is 0 Å². The molecular weight excluding hydrogens is 388 g/mol. The highest BCUT2D eigenvalue weighted by atomic mass is 16.2. The maximum Gasteiger partial charge on any atom is 0.225 e. The third-order valence-electron chi connectivity index (χ3n) is 6.64. The molecule has 1 aliphatic carbocycles. The van der Waals surface area contributed by atoms with Crippen molar-refractivity contribution in [3.8, 4) is 5.69 Å². The van der Waals surface area contributed by atoms with E-state index in [1.165, 1.54) is 12.0 Å². The van der Waals surface area contributed by atoms with Gasteiger partial charge >= 0.3 is 0 Å². The standard InChI is InChI=1S/C24H30N6O/c1-16-8-10-20(11-9-16)30-23-21(17(2)27-30)22(25-18(3)26-23)28-12-5-13-29(15-14-28)24(31)19-6-4-7-19/h8-11,19H,4-7,12-15H2,1-3H3. The average molecular weight is 419 g/mol. The number of anilines is 1. The predicted octanol–water partition coefficient (Wildman–Crippen LogP) is 3.58. The van der Waals surface area contributed by atoms with Crippen molar-refractivity contribution in [2.24, 2.45) is 5.92 Å². The first-order valence-corrected chi connectivity index (χ1v) is 11.4. The fourth-order valence-corrected chi connectivity index (χ4v) is 4.63. The number of carbonyl (C=O) groups excluding carboxylic acids is 1. The van der Waals surface area contributed by atoms with Gasteiger partial charge in [-0.3, -0.25) is 4.79 Å². The zero-order valence-corrected chi connectivity index (χ0v) is 18.6. The number of rotatable bonds is 3. The van der Waals surface area contributed by atoms with Crippen LogP contribution in [0, 0.1) is 26.7 Å². The van der Waals surface area contributed by atoms with Crippen molar-refractivity contribution in [2.75, 3.05) is 31.1 Å². The molecule has 0 atom stereocenters. The Labute approximate surface area is 183 Å². The minimum atomic E-state index is 0.259. The molecule has 1 saturated carbocycles. The first-order chi connectivity index (χ1) is 15.0. The van der Waals surface area contributed by atoms with Crippen molar-refractivity contribution >= 4 is 22.8 Å². The van der Waals surface area contributed by atoms with Crippen LogP contribution in [0.1, 0.15) is 42.8 Å². The Kier molecular flexibility index (Phi) is 5.12. The molecule has 0 radical (unpaired) electrons. The van der Waals surface area contributed by atoms with Gasteiger partial charge < -0.3 is 9.80 Å². The summed E-state index contributed by atoms with van der Waals surface area (Å²) in [6.07, 6.45) is 4.26. The van der Waals surface area contributed by atoms with Crippen molar-refractivity contribution in [1.82, 2.24) is 24.6 Å². The highest BCUT2D eigenvalue weighted by Gasteiger charge is 2.31. The summed E-state index contributed by atoms with van der Waals surface area (Å²) in [5.74, 6) is 2.29. The van der Waals surface area contributed by atoms with Gasteiger partial charge in [0.1, 0.15) is 11.6 Å². The summed E-state index contributed by atoms with van der Waals surface area (Å²) in [7, 11) is 0.